The standard InChI is InChI=1S/C19H21N3O4S/c1-13-4-6-15(7-5-13)19-21-18(26-22-19)10-11-20-27(23,24)16-8-9-17(25-3)14(2)12-16/h4-9,12,20H,10-11H2,1-3H3. The van der Waals surface area contributed by atoms with E-state index >= 15 is 0 Å². The number of aromatic nitrogens is 2. The number of nitrogens with zero attached hydrogens (tertiary/aromatic N) is 2. The maximum absolute atomic E-state index is 12.4. The molecule has 1 aromatic heterocycles. The second-order valence-electron chi connectivity index (χ2n) is 6.16. The number of ether oxygens (including phenoxy) is 1. The van der Waals surface area contributed by atoms with Crippen molar-refractivity contribution in [2.24, 2.45) is 0 Å². The van der Waals surface area contributed by atoms with Gasteiger partial charge in [0.2, 0.25) is 21.7 Å². The Morgan fingerprint density at radius 2 is 1.85 bits per heavy atom. The molecule has 0 fully saturated rings. The van der Waals surface area contributed by atoms with Gasteiger partial charge in [-0.3, -0.25) is 0 Å². The summed E-state index contributed by atoms with van der Waals surface area (Å²) in [6.45, 7) is 3.95. The number of methoxy groups -OCH3 is 1. The molecule has 27 heavy (non-hydrogen) atoms. The lowest BCUT2D eigenvalue weighted by atomic mass is 10.1. The minimum absolute atomic E-state index is 0.156. The Morgan fingerprint density at radius 3 is 2.52 bits per heavy atom. The highest BCUT2D eigenvalue weighted by atomic mass is 32.2. The Bertz CT molecular complexity index is 1030. The normalized spacial score (nSPS) is 11.5. The summed E-state index contributed by atoms with van der Waals surface area (Å²) in [7, 11) is -2.08. The van der Waals surface area contributed by atoms with Gasteiger partial charge in [0.15, 0.2) is 0 Å². The van der Waals surface area contributed by atoms with Crippen molar-refractivity contribution in [3.05, 3.63) is 59.5 Å². The van der Waals surface area contributed by atoms with Gasteiger partial charge in [0.1, 0.15) is 5.75 Å². The van der Waals surface area contributed by atoms with E-state index in [1.807, 2.05) is 31.2 Å². The Balaban J connectivity index is 1.62. The molecule has 142 valence electrons. The zero-order chi connectivity index (χ0) is 19.4. The van der Waals surface area contributed by atoms with E-state index in [0.29, 0.717) is 23.9 Å². The lowest BCUT2D eigenvalue weighted by molar-refractivity contribution is 0.379. The number of rotatable bonds is 7. The van der Waals surface area contributed by atoms with Gasteiger partial charge >= 0.3 is 0 Å². The van der Waals surface area contributed by atoms with Crippen LogP contribution in [-0.4, -0.2) is 32.2 Å². The Morgan fingerprint density at radius 1 is 1.11 bits per heavy atom. The maximum Gasteiger partial charge on any atom is 0.240 e. The molecule has 0 aliphatic carbocycles. The van der Waals surface area contributed by atoms with Crippen molar-refractivity contribution in [1.82, 2.24) is 14.9 Å². The van der Waals surface area contributed by atoms with Gasteiger partial charge < -0.3 is 9.26 Å². The lowest BCUT2D eigenvalue weighted by Gasteiger charge is -2.09. The van der Waals surface area contributed by atoms with Crippen molar-refractivity contribution in [1.29, 1.82) is 0 Å². The van der Waals surface area contributed by atoms with Crippen LogP contribution < -0.4 is 9.46 Å². The van der Waals surface area contributed by atoms with E-state index in [9.17, 15) is 8.42 Å². The van der Waals surface area contributed by atoms with Gasteiger partial charge in [-0.1, -0.05) is 35.0 Å². The summed E-state index contributed by atoms with van der Waals surface area (Å²) in [6, 6.07) is 12.5. The molecule has 0 spiro atoms. The van der Waals surface area contributed by atoms with Gasteiger partial charge in [0.05, 0.1) is 12.0 Å². The Labute approximate surface area is 158 Å². The van der Waals surface area contributed by atoms with Crippen LogP contribution in [-0.2, 0) is 16.4 Å². The Hall–Kier alpha value is -2.71. The van der Waals surface area contributed by atoms with Gasteiger partial charge in [-0.25, -0.2) is 13.1 Å². The minimum Gasteiger partial charge on any atom is -0.496 e. The van der Waals surface area contributed by atoms with Gasteiger partial charge in [0, 0.05) is 18.5 Å². The zero-order valence-electron chi connectivity index (χ0n) is 15.4. The van der Waals surface area contributed by atoms with Gasteiger partial charge in [-0.2, -0.15) is 4.98 Å². The highest BCUT2D eigenvalue weighted by Crippen LogP contribution is 2.21. The summed E-state index contributed by atoms with van der Waals surface area (Å²) in [5.74, 6) is 1.50. The van der Waals surface area contributed by atoms with E-state index in [-0.39, 0.29) is 11.4 Å². The van der Waals surface area contributed by atoms with E-state index in [1.54, 1.807) is 26.2 Å². The van der Waals surface area contributed by atoms with Crippen molar-refractivity contribution < 1.29 is 17.7 Å². The van der Waals surface area contributed by atoms with E-state index < -0.39 is 10.0 Å². The molecule has 0 radical (unpaired) electrons. The van der Waals surface area contributed by atoms with Gasteiger partial charge in [-0.15, -0.1) is 0 Å². The molecule has 3 rings (SSSR count). The molecule has 1 heterocycles. The summed E-state index contributed by atoms with van der Waals surface area (Å²) in [6.07, 6.45) is 0.299. The molecule has 0 aliphatic heterocycles. The van der Waals surface area contributed by atoms with Crippen LogP contribution in [0.3, 0.4) is 0 Å². The van der Waals surface area contributed by atoms with E-state index in [1.165, 1.54) is 6.07 Å². The molecule has 7 nitrogen and oxygen atoms in total. The quantitative estimate of drug-likeness (QED) is 0.670. The van der Waals surface area contributed by atoms with Crippen LogP contribution in [0.1, 0.15) is 17.0 Å². The number of benzene rings is 2. The SMILES string of the molecule is COc1ccc(S(=O)(=O)NCCc2nc(-c3ccc(C)cc3)no2)cc1C. The minimum atomic E-state index is -3.62. The van der Waals surface area contributed by atoms with Crippen molar-refractivity contribution in [2.45, 2.75) is 25.2 Å². The third kappa shape index (κ3) is 4.53. The first-order valence-electron chi connectivity index (χ1n) is 8.43. The highest BCUT2D eigenvalue weighted by molar-refractivity contribution is 7.89. The molecule has 0 amide bonds. The fraction of sp³-hybridized carbons (Fsp3) is 0.263. The molecule has 0 atom stereocenters. The van der Waals surface area contributed by atoms with E-state index in [4.69, 9.17) is 9.26 Å². The number of hydrogen-bond donors (Lipinski definition) is 1. The summed E-state index contributed by atoms with van der Waals surface area (Å²) in [5.41, 5.74) is 2.75. The number of nitrogens with one attached hydrogen (secondary N) is 1. The van der Waals surface area contributed by atoms with Crippen LogP contribution in [0.15, 0.2) is 51.9 Å². The Kier molecular flexibility index (Phi) is 5.57. The second-order valence-corrected chi connectivity index (χ2v) is 7.92. The fourth-order valence-electron chi connectivity index (χ4n) is 2.57. The molecule has 0 saturated carbocycles. The van der Waals surface area contributed by atoms with Gasteiger partial charge in [-0.05, 0) is 37.6 Å². The highest BCUT2D eigenvalue weighted by Gasteiger charge is 2.16. The van der Waals surface area contributed by atoms with Crippen molar-refractivity contribution in [3.8, 4) is 17.1 Å². The van der Waals surface area contributed by atoms with E-state index in [0.717, 1.165) is 16.7 Å². The molecule has 3 aromatic rings. The first-order chi connectivity index (χ1) is 12.9. The second kappa shape index (κ2) is 7.89. The molecule has 8 heteroatoms. The predicted octanol–water partition coefficient (Wildman–Crippen LogP) is 2.88. The third-order valence-corrected chi connectivity index (χ3v) is 5.54. The van der Waals surface area contributed by atoms with Crippen LogP contribution in [0, 0.1) is 13.8 Å². The van der Waals surface area contributed by atoms with Crippen molar-refractivity contribution in [3.63, 3.8) is 0 Å². The molecular formula is C19H21N3O4S. The first kappa shape index (κ1) is 19.1. The topological polar surface area (TPSA) is 94.3 Å². The van der Waals surface area contributed by atoms with E-state index in [2.05, 4.69) is 14.9 Å². The van der Waals surface area contributed by atoms with Crippen LogP contribution >= 0.6 is 0 Å². The largest absolute Gasteiger partial charge is 0.496 e. The summed E-state index contributed by atoms with van der Waals surface area (Å²) in [5, 5.41) is 3.94. The fourth-order valence-corrected chi connectivity index (χ4v) is 3.69. The average Bonchev–Trinajstić information content (AvgIpc) is 3.11. The molecule has 0 bridgehead atoms. The lowest BCUT2D eigenvalue weighted by Crippen LogP contribution is -2.26. The van der Waals surface area contributed by atoms with Crippen LogP contribution in [0.2, 0.25) is 0 Å². The summed E-state index contributed by atoms with van der Waals surface area (Å²) in [4.78, 5) is 4.50. The van der Waals surface area contributed by atoms with Crippen molar-refractivity contribution >= 4 is 10.0 Å². The monoisotopic (exact) mass is 387 g/mol. The third-order valence-electron chi connectivity index (χ3n) is 4.09. The molecule has 0 unspecified atom stereocenters. The maximum atomic E-state index is 12.4. The zero-order valence-corrected chi connectivity index (χ0v) is 16.2. The number of hydrogen-bond acceptors (Lipinski definition) is 6. The summed E-state index contributed by atoms with van der Waals surface area (Å²) >= 11 is 0. The first-order valence-corrected chi connectivity index (χ1v) is 9.91. The van der Waals surface area contributed by atoms with Crippen molar-refractivity contribution in [2.75, 3.05) is 13.7 Å². The average molecular weight is 387 g/mol. The molecule has 0 saturated heterocycles. The molecular weight excluding hydrogens is 366 g/mol. The number of aryl methyl sites for hydroxylation is 2. The smallest absolute Gasteiger partial charge is 0.240 e. The predicted molar refractivity (Wildman–Crippen MR) is 101 cm³/mol. The summed E-state index contributed by atoms with van der Waals surface area (Å²) < 4.78 is 37.7. The van der Waals surface area contributed by atoms with Gasteiger partial charge in [0.25, 0.3) is 0 Å². The molecule has 1 N–H and O–H groups in total. The van der Waals surface area contributed by atoms with Crippen LogP contribution in [0.4, 0.5) is 0 Å². The molecule has 0 aliphatic rings. The number of sulfonamides is 1. The van der Waals surface area contributed by atoms with Crippen LogP contribution in [0.25, 0.3) is 11.4 Å². The molecule has 2 aromatic carbocycles. The van der Waals surface area contributed by atoms with Crippen LogP contribution in [0.5, 0.6) is 5.75 Å².